The maximum absolute atomic E-state index is 5.86. The minimum atomic E-state index is 0. The molecule has 1 aliphatic rings. The second-order valence-corrected chi connectivity index (χ2v) is 5.91. The third-order valence-electron chi connectivity index (χ3n) is 3.42. The number of nitrogens with two attached hydrogens (primary N) is 1. The van der Waals surface area contributed by atoms with Gasteiger partial charge in [0.25, 0.3) is 0 Å². The Morgan fingerprint density at radius 3 is 2.94 bits per heavy atom. The molecule has 104 valence electrons. The van der Waals surface area contributed by atoms with E-state index in [9.17, 15) is 0 Å². The van der Waals surface area contributed by atoms with Crippen LogP contribution in [0.25, 0.3) is 0 Å². The monoisotopic (exact) mass is 291 g/mol. The molecule has 1 saturated heterocycles. The Bertz CT molecular complexity index is 361. The summed E-state index contributed by atoms with van der Waals surface area (Å²) in [6, 6.07) is 0.441. The maximum Gasteiger partial charge on any atom is 0.0897 e. The van der Waals surface area contributed by atoms with Crippen LogP contribution in [0.15, 0.2) is 6.20 Å². The van der Waals surface area contributed by atoms with Crippen molar-refractivity contribution in [3.63, 3.8) is 0 Å². The molecule has 0 saturated carbocycles. The first-order chi connectivity index (χ1) is 8.22. The van der Waals surface area contributed by atoms with Gasteiger partial charge in [-0.25, -0.2) is 4.98 Å². The first kappa shape index (κ1) is 15.9. The van der Waals surface area contributed by atoms with Crippen LogP contribution < -0.4 is 5.73 Å². The van der Waals surface area contributed by atoms with Crippen molar-refractivity contribution >= 4 is 23.7 Å². The molecular formula is C12H22ClN3OS. The van der Waals surface area contributed by atoms with E-state index >= 15 is 0 Å². The Balaban J connectivity index is 0.00000162. The zero-order valence-corrected chi connectivity index (χ0v) is 12.6. The van der Waals surface area contributed by atoms with Gasteiger partial charge in [0.2, 0.25) is 0 Å². The maximum atomic E-state index is 5.86. The summed E-state index contributed by atoms with van der Waals surface area (Å²) >= 11 is 1.78. The van der Waals surface area contributed by atoms with E-state index in [0.717, 1.165) is 30.9 Å². The average molecular weight is 292 g/mol. The molecule has 18 heavy (non-hydrogen) atoms. The van der Waals surface area contributed by atoms with Gasteiger partial charge in [-0.3, -0.25) is 4.90 Å². The number of aromatic nitrogens is 1. The molecule has 0 spiro atoms. The molecule has 1 aliphatic heterocycles. The van der Waals surface area contributed by atoms with Crippen LogP contribution in [-0.2, 0) is 11.3 Å². The molecule has 0 radical (unpaired) electrons. The lowest BCUT2D eigenvalue weighted by molar-refractivity contribution is 0.0106. The highest BCUT2D eigenvalue weighted by Crippen LogP contribution is 2.23. The largest absolute Gasteiger partial charge is 0.381 e. The molecule has 2 atom stereocenters. The first-order valence-electron chi connectivity index (χ1n) is 6.11. The second-order valence-electron chi connectivity index (χ2n) is 4.59. The van der Waals surface area contributed by atoms with Crippen LogP contribution in [0.1, 0.15) is 22.7 Å². The number of hydrogen-bond donors (Lipinski definition) is 1. The standard InChI is InChI=1S/C12H21N3OS.ClH/c1-9-14-7-12(17-9)8-15-4-3-11(16-2)5-10(15)6-13;/h7,10-11H,3-6,8,13H2,1-2H3;1H. The average Bonchev–Trinajstić information content (AvgIpc) is 2.75. The number of aryl methyl sites for hydroxylation is 1. The molecule has 0 aromatic carbocycles. The van der Waals surface area contributed by atoms with Gasteiger partial charge in [-0.2, -0.15) is 0 Å². The van der Waals surface area contributed by atoms with E-state index in [-0.39, 0.29) is 12.4 Å². The predicted molar refractivity (Wildman–Crippen MR) is 77.4 cm³/mol. The van der Waals surface area contributed by atoms with Crippen molar-refractivity contribution < 1.29 is 4.74 Å². The van der Waals surface area contributed by atoms with Crippen molar-refractivity contribution in [1.82, 2.24) is 9.88 Å². The van der Waals surface area contributed by atoms with Gasteiger partial charge in [0.05, 0.1) is 11.1 Å². The normalized spacial score (nSPS) is 24.8. The number of nitrogens with zero attached hydrogens (tertiary/aromatic N) is 2. The van der Waals surface area contributed by atoms with Gasteiger partial charge in [0.15, 0.2) is 0 Å². The molecule has 2 heterocycles. The van der Waals surface area contributed by atoms with Crippen LogP contribution in [0.3, 0.4) is 0 Å². The van der Waals surface area contributed by atoms with Crippen LogP contribution in [0.5, 0.6) is 0 Å². The molecule has 2 N–H and O–H groups in total. The molecule has 0 aliphatic carbocycles. The van der Waals surface area contributed by atoms with E-state index in [2.05, 4.69) is 9.88 Å². The fourth-order valence-corrected chi connectivity index (χ4v) is 3.23. The van der Waals surface area contributed by atoms with Gasteiger partial charge in [0, 0.05) is 43.9 Å². The third-order valence-corrected chi connectivity index (χ3v) is 4.32. The molecule has 1 aromatic heterocycles. The Morgan fingerprint density at radius 1 is 1.61 bits per heavy atom. The fraction of sp³-hybridized carbons (Fsp3) is 0.750. The Hall–Kier alpha value is -0.200. The number of likely N-dealkylation sites (tertiary alicyclic amines) is 1. The predicted octanol–water partition coefficient (Wildman–Crippen LogP) is 1.81. The number of halogens is 1. The van der Waals surface area contributed by atoms with Crippen molar-refractivity contribution in [2.24, 2.45) is 5.73 Å². The summed E-state index contributed by atoms with van der Waals surface area (Å²) in [5, 5.41) is 1.14. The van der Waals surface area contributed by atoms with Gasteiger partial charge in [-0.1, -0.05) is 0 Å². The summed E-state index contributed by atoms with van der Waals surface area (Å²) in [6.45, 7) is 4.80. The minimum Gasteiger partial charge on any atom is -0.381 e. The number of thiazole rings is 1. The molecule has 0 amide bonds. The number of piperidine rings is 1. The molecule has 4 nitrogen and oxygen atoms in total. The van der Waals surface area contributed by atoms with Crippen LogP contribution in [-0.4, -0.2) is 42.2 Å². The number of methoxy groups -OCH3 is 1. The lowest BCUT2D eigenvalue weighted by Crippen LogP contribution is -2.47. The van der Waals surface area contributed by atoms with E-state index in [1.54, 1.807) is 18.4 Å². The van der Waals surface area contributed by atoms with Crippen LogP contribution in [0, 0.1) is 6.92 Å². The van der Waals surface area contributed by atoms with Crippen LogP contribution in [0.2, 0.25) is 0 Å². The topological polar surface area (TPSA) is 51.4 Å². The lowest BCUT2D eigenvalue weighted by atomic mass is 9.99. The number of ether oxygens (including phenoxy) is 1. The molecule has 2 unspecified atom stereocenters. The first-order valence-corrected chi connectivity index (χ1v) is 6.92. The highest BCUT2D eigenvalue weighted by atomic mass is 35.5. The summed E-state index contributed by atoms with van der Waals surface area (Å²) in [6.07, 6.45) is 4.51. The fourth-order valence-electron chi connectivity index (χ4n) is 2.41. The zero-order valence-electron chi connectivity index (χ0n) is 11.0. The quantitative estimate of drug-likeness (QED) is 0.919. The van der Waals surface area contributed by atoms with E-state index in [1.165, 1.54) is 4.88 Å². The van der Waals surface area contributed by atoms with Crippen molar-refractivity contribution in [3.05, 3.63) is 16.1 Å². The molecule has 1 aromatic rings. The summed E-state index contributed by atoms with van der Waals surface area (Å²) in [4.78, 5) is 8.09. The van der Waals surface area contributed by atoms with E-state index in [1.807, 2.05) is 13.1 Å². The molecule has 0 bridgehead atoms. The highest BCUT2D eigenvalue weighted by Gasteiger charge is 2.27. The van der Waals surface area contributed by atoms with Crippen LogP contribution >= 0.6 is 23.7 Å². The van der Waals surface area contributed by atoms with Crippen molar-refractivity contribution in [1.29, 1.82) is 0 Å². The van der Waals surface area contributed by atoms with Gasteiger partial charge in [0.1, 0.15) is 0 Å². The van der Waals surface area contributed by atoms with Crippen molar-refractivity contribution in [2.45, 2.75) is 38.5 Å². The summed E-state index contributed by atoms with van der Waals surface area (Å²) in [7, 11) is 1.79. The van der Waals surface area contributed by atoms with E-state index < -0.39 is 0 Å². The summed E-state index contributed by atoms with van der Waals surface area (Å²) in [5.74, 6) is 0. The molecule has 1 fully saturated rings. The third kappa shape index (κ3) is 3.90. The minimum absolute atomic E-state index is 0. The van der Waals surface area contributed by atoms with Gasteiger partial charge in [-0.15, -0.1) is 23.7 Å². The SMILES string of the molecule is COC1CCN(Cc2cnc(C)s2)C(CN)C1.Cl. The second kappa shape index (κ2) is 7.40. The van der Waals surface area contributed by atoms with Gasteiger partial charge in [-0.05, 0) is 19.8 Å². The number of hydrogen-bond acceptors (Lipinski definition) is 5. The Kier molecular flexibility index (Phi) is 6.52. The molecule has 6 heteroatoms. The highest BCUT2D eigenvalue weighted by molar-refractivity contribution is 7.11. The van der Waals surface area contributed by atoms with E-state index in [0.29, 0.717) is 18.7 Å². The summed E-state index contributed by atoms with van der Waals surface area (Å²) < 4.78 is 5.43. The Morgan fingerprint density at radius 2 is 2.39 bits per heavy atom. The van der Waals surface area contributed by atoms with Gasteiger partial charge < -0.3 is 10.5 Å². The molecule has 2 rings (SSSR count). The smallest absolute Gasteiger partial charge is 0.0897 e. The van der Waals surface area contributed by atoms with Gasteiger partial charge >= 0.3 is 0 Å². The Labute approximate surface area is 119 Å². The molecular weight excluding hydrogens is 270 g/mol. The van der Waals surface area contributed by atoms with Crippen molar-refractivity contribution in [3.8, 4) is 0 Å². The van der Waals surface area contributed by atoms with Crippen molar-refractivity contribution in [2.75, 3.05) is 20.2 Å². The zero-order chi connectivity index (χ0) is 12.3. The van der Waals surface area contributed by atoms with Crippen LogP contribution in [0.4, 0.5) is 0 Å². The summed E-state index contributed by atoms with van der Waals surface area (Å²) in [5.41, 5.74) is 5.86. The lowest BCUT2D eigenvalue weighted by Gasteiger charge is -2.38. The van der Waals surface area contributed by atoms with E-state index in [4.69, 9.17) is 10.5 Å². The number of rotatable bonds is 4.